The average Bonchev–Trinajstić information content (AvgIpc) is 2.69. The van der Waals surface area contributed by atoms with E-state index < -0.39 is 12.1 Å². The molecule has 3 aromatic rings. The maximum atomic E-state index is 12.9. The number of ether oxygens (including phenoxy) is 2. The molecule has 1 heterocycles. The Morgan fingerprint density at radius 2 is 2.10 bits per heavy atom. The van der Waals surface area contributed by atoms with E-state index in [4.69, 9.17) is 14.6 Å². The van der Waals surface area contributed by atoms with Gasteiger partial charge >= 0.3 is 5.97 Å². The Kier molecular flexibility index (Phi) is 5.97. The maximum absolute atomic E-state index is 12.9. The molecule has 0 aliphatic rings. The van der Waals surface area contributed by atoms with Gasteiger partial charge in [0.05, 0.1) is 24.2 Å². The van der Waals surface area contributed by atoms with Crippen LogP contribution in [-0.4, -0.2) is 40.2 Å². The molecule has 0 amide bonds. The molecule has 1 N–H and O–H groups in total. The first-order valence-corrected chi connectivity index (χ1v) is 9.41. The van der Waals surface area contributed by atoms with Gasteiger partial charge in [0, 0.05) is 10.0 Å². The van der Waals surface area contributed by atoms with E-state index in [2.05, 4.69) is 26.0 Å². The van der Waals surface area contributed by atoms with Crippen molar-refractivity contribution in [2.75, 3.05) is 7.11 Å². The highest BCUT2D eigenvalue weighted by molar-refractivity contribution is 9.10. The Hall–Kier alpha value is -3.20. The minimum absolute atomic E-state index is 0.218. The van der Waals surface area contributed by atoms with Crippen molar-refractivity contribution >= 4 is 39.0 Å². The molecular weight excluding hydrogens is 442 g/mol. The summed E-state index contributed by atoms with van der Waals surface area (Å²) < 4.78 is 12.7. The molecule has 0 aliphatic heterocycles. The van der Waals surface area contributed by atoms with E-state index >= 15 is 0 Å². The highest BCUT2D eigenvalue weighted by Gasteiger charge is 2.18. The normalized spacial score (nSPS) is 12.3. The molecule has 0 saturated heterocycles. The van der Waals surface area contributed by atoms with Crippen molar-refractivity contribution < 1.29 is 19.4 Å². The van der Waals surface area contributed by atoms with Crippen LogP contribution in [0.4, 0.5) is 0 Å². The average molecular weight is 460 g/mol. The van der Waals surface area contributed by atoms with Gasteiger partial charge in [0.25, 0.3) is 5.56 Å². The summed E-state index contributed by atoms with van der Waals surface area (Å²) in [4.78, 5) is 28.4. The number of nitrogens with zero attached hydrogens (tertiary/aromatic N) is 3. The molecular formula is C20H18BrN3O5. The second kappa shape index (κ2) is 8.44. The predicted molar refractivity (Wildman–Crippen MR) is 112 cm³/mol. The summed E-state index contributed by atoms with van der Waals surface area (Å²) in [6.07, 6.45) is 0.314. The van der Waals surface area contributed by atoms with Crippen LogP contribution in [0.5, 0.6) is 11.5 Å². The van der Waals surface area contributed by atoms with Crippen molar-refractivity contribution in [3.05, 3.63) is 62.6 Å². The predicted octanol–water partition coefficient (Wildman–Crippen LogP) is 3.21. The number of halogens is 1. The molecule has 0 unspecified atom stereocenters. The fraction of sp³-hybridized carbons (Fsp3) is 0.200. The number of carboxylic acid groups (broad SMARTS) is 1. The van der Waals surface area contributed by atoms with Gasteiger partial charge in [-0.3, -0.25) is 4.79 Å². The fourth-order valence-electron chi connectivity index (χ4n) is 2.66. The van der Waals surface area contributed by atoms with Crippen LogP contribution >= 0.6 is 15.9 Å². The number of para-hydroxylation sites is 1. The third-order valence-corrected chi connectivity index (χ3v) is 4.65. The topological polar surface area (TPSA) is 103 Å². The van der Waals surface area contributed by atoms with Crippen molar-refractivity contribution in [2.45, 2.75) is 20.0 Å². The lowest BCUT2D eigenvalue weighted by Crippen LogP contribution is -2.24. The van der Waals surface area contributed by atoms with E-state index in [9.17, 15) is 9.59 Å². The number of benzene rings is 2. The first kappa shape index (κ1) is 20.5. The van der Waals surface area contributed by atoms with Crippen LogP contribution in [0.25, 0.3) is 10.9 Å². The second-order valence-electron chi connectivity index (χ2n) is 6.16. The summed E-state index contributed by atoms with van der Waals surface area (Å²) in [5.41, 5.74) is 0.704. The monoisotopic (exact) mass is 459 g/mol. The first-order valence-electron chi connectivity index (χ1n) is 8.61. The molecule has 0 aliphatic carbocycles. The van der Waals surface area contributed by atoms with Crippen LogP contribution in [0.15, 0.2) is 50.8 Å². The van der Waals surface area contributed by atoms with Crippen LogP contribution in [0.3, 0.4) is 0 Å². The molecule has 0 saturated carbocycles. The molecule has 3 rings (SSSR count). The zero-order valence-corrected chi connectivity index (χ0v) is 17.5. The van der Waals surface area contributed by atoms with Crippen molar-refractivity contribution in [1.82, 2.24) is 9.66 Å². The number of hydrogen-bond donors (Lipinski definition) is 1. The van der Waals surface area contributed by atoms with E-state index in [1.54, 1.807) is 37.3 Å². The highest BCUT2D eigenvalue weighted by atomic mass is 79.9. The number of carbonyl (C=O) groups is 1. The second-order valence-corrected chi connectivity index (χ2v) is 7.07. The third kappa shape index (κ3) is 4.29. The third-order valence-electron chi connectivity index (χ3n) is 4.15. The number of aryl methyl sites for hydroxylation is 1. The Balaban J connectivity index is 2.09. The van der Waals surface area contributed by atoms with Crippen molar-refractivity contribution in [3.8, 4) is 11.5 Å². The van der Waals surface area contributed by atoms with Gasteiger partial charge in [0.2, 0.25) is 0 Å². The van der Waals surface area contributed by atoms with E-state index in [-0.39, 0.29) is 11.3 Å². The van der Waals surface area contributed by atoms with Gasteiger partial charge in [-0.05, 0) is 44.2 Å². The van der Waals surface area contributed by atoms with Gasteiger partial charge in [-0.2, -0.15) is 9.78 Å². The molecule has 9 heteroatoms. The number of aliphatic carboxylic acids is 1. The first-order chi connectivity index (χ1) is 13.8. The Morgan fingerprint density at radius 3 is 2.79 bits per heavy atom. The number of carboxylic acids is 1. The zero-order chi connectivity index (χ0) is 21.1. The zero-order valence-electron chi connectivity index (χ0n) is 15.9. The van der Waals surface area contributed by atoms with Crippen LogP contribution in [0.1, 0.15) is 18.3 Å². The quantitative estimate of drug-likeness (QED) is 0.567. The van der Waals surface area contributed by atoms with Gasteiger partial charge < -0.3 is 14.6 Å². The minimum Gasteiger partial charge on any atom is -0.493 e. The molecule has 0 fully saturated rings. The summed E-state index contributed by atoms with van der Waals surface area (Å²) in [5.74, 6) is -0.136. The van der Waals surface area contributed by atoms with Crippen molar-refractivity contribution in [3.63, 3.8) is 0 Å². The largest absolute Gasteiger partial charge is 0.493 e. The molecule has 150 valence electrons. The van der Waals surface area contributed by atoms with Crippen molar-refractivity contribution in [1.29, 1.82) is 0 Å². The minimum atomic E-state index is -1.12. The molecule has 8 nitrogen and oxygen atoms in total. The van der Waals surface area contributed by atoms with Gasteiger partial charge in [-0.1, -0.05) is 22.0 Å². The number of aromatic nitrogens is 2. The van der Waals surface area contributed by atoms with E-state index in [0.717, 1.165) is 4.47 Å². The summed E-state index contributed by atoms with van der Waals surface area (Å²) in [7, 11) is 1.45. The van der Waals surface area contributed by atoms with E-state index in [0.29, 0.717) is 28.0 Å². The number of fused-ring (bicyclic) bond motifs is 1. The van der Waals surface area contributed by atoms with Gasteiger partial charge in [-0.15, -0.1) is 0 Å². The van der Waals surface area contributed by atoms with Crippen LogP contribution in [0.2, 0.25) is 0 Å². The lowest BCUT2D eigenvalue weighted by molar-refractivity contribution is -0.144. The summed E-state index contributed by atoms with van der Waals surface area (Å²) in [5, 5.41) is 13.8. The molecule has 0 radical (unpaired) electrons. The van der Waals surface area contributed by atoms with Gasteiger partial charge in [0.1, 0.15) is 5.82 Å². The number of hydrogen-bond acceptors (Lipinski definition) is 6. The molecule has 0 bridgehead atoms. The summed E-state index contributed by atoms with van der Waals surface area (Å²) in [6, 6.07) is 10.3. The molecule has 1 atom stereocenters. The molecule has 29 heavy (non-hydrogen) atoms. The molecule has 0 spiro atoms. The van der Waals surface area contributed by atoms with Crippen LogP contribution < -0.4 is 15.0 Å². The fourth-order valence-corrected chi connectivity index (χ4v) is 3.03. The smallest absolute Gasteiger partial charge is 0.344 e. The van der Waals surface area contributed by atoms with E-state index in [1.807, 2.05) is 6.07 Å². The van der Waals surface area contributed by atoms with Crippen LogP contribution in [-0.2, 0) is 4.79 Å². The van der Waals surface area contributed by atoms with Gasteiger partial charge in [0.15, 0.2) is 17.6 Å². The van der Waals surface area contributed by atoms with E-state index in [1.165, 1.54) is 24.9 Å². The Morgan fingerprint density at radius 1 is 1.34 bits per heavy atom. The SMILES string of the molecule is COc1cccc(C=Nn2c(C)nc3ccc(Br)cc3c2=O)c1O[C@@H](C)C(=O)O. The number of methoxy groups -OCH3 is 1. The maximum Gasteiger partial charge on any atom is 0.344 e. The lowest BCUT2D eigenvalue weighted by Gasteiger charge is -2.15. The van der Waals surface area contributed by atoms with Crippen molar-refractivity contribution in [2.24, 2.45) is 5.10 Å². The molecule has 2 aromatic carbocycles. The Labute approximate surface area is 174 Å². The molecule has 1 aromatic heterocycles. The highest BCUT2D eigenvalue weighted by Crippen LogP contribution is 2.31. The standard InChI is InChI=1S/C20H18BrN3O5/c1-11(20(26)27)29-18-13(5-4-6-17(18)28-3)10-22-24-12(2)23-16-8-7-14(21)9-15(16)19(24)25/h4-11H,1-3H3,(H,26,27)/t11-/m0/s1. The number of rotatable bonds is 6. The lowest BCUT2D eigenvalue weighted by atomic mass is 10.2. The summed E-state index contributed by atoms with van der Waals surface area (Å²) in [6.45, 7) is 3.09. The Bertz CT molecular complexity index is 1170. The summed E-state index contributed by atoms with van der Waals surface area (Å²) >= 11 is 3.35. The van der Waals surface area contributed by atoms with Gasteiger partial charge in [-0.25, -0.2) is 9.78 Å². The van der Waals surface area contributed by atoms with Crippen LogP contribution in [0, 0.1) is 6.92 Å².